The van der Waals surface area contributed by atoms with E-state index in [1.54, 1.807) is 84.8 Å². The van der Waals surface area contributed by atoms with Gasteiger partial charge in [-0.05, 0) is 179 Å². The van der Waals surface area contributed by atoms with E-state index in [1.165, 1.54) is 6.92 Å². The summed E-state index contributed by atoms with van der Waals surface area (Å²) >= 11 is 0. The van der Waals surface area contributed by atoms with Crippen LogP contribution in [0.15, 0.2) is 123 Å². The molecule has 2 saturated carbocycles. The Kier molecular flexibility index (Phi) is 23.5. The van der Waals surface area contributed by atoms with E-state index in [4.69, 9.17) is 23.7 Å². The van der Waals surface area contributed by atoms with Crippen LogP contribution in [0.2, 0.25) is 0 Å². The third kappa shape index (κ3) is 15.1. The van der Waals surface area contributed by atoms with Gasteiger partial charge in [0.2, 0.25) is 0 Å². The lowest BCUT2D eigenvalue weighted by atomic mass is 9.97. The Morgan fingerprint density at radius 1 is 0.296 bits per heavy atom. The predicted octanol–water partition coefficient (Wildman–Crippen LogP) is 3.78. The molecule has 0 bridgehead atoms. The minimum absolute atomic E-state index is 0.0765. The Balaban J connectivity index is 0.000000119. The molecule has 2 aliphatic carbocycles. The molecular weight excluding hydrogens is 1400 g/mol. The fraction of sp³-hybridized carbons (Fsp3) is 0.551. The quantitative estimate of drug-likeness (QED) is 0.0736. The summed E-state index contributed by atoms with van der Waals surface area (Å²) < 4.78 is 37.4. The summed E-state index contributed by atoms with van der Waals surface area (Å²) in [6.07, 6.45) is -1.54. The standard InChI is InChI=1S/2C16H20N2O4.2C16H22N2O4.C14H18N2O4/c2*1-8-4-6-17-15-10(8)5-7-18(15)16-13(21)12(20)14(22-16)11(19)9-2-3-9;2*1-8(2)11(19)14-12(20)13(21)16(22-14)18-7-5-10-9(3)4-6-17-15(10)18;1-7-3-5-15-13-9(7)4-6-16(13)14-11(19)10(18)12(20-14)8(2)17/h2*4-7,9,11-14,16,19-21H,2-3H2,1H3;2*4-8,11-14,16,19-21H,1-3H3;3-6,8,10-12,14,17-19H,1-2H3/t11-,12+,13-,14-,16-;11-,12-,13+,14+,16+;11-,12+,13-,14-,16-;11-,12-,13+,14+,16+;8-,10-,11+,12+,14+/m10100/s1. The summed E-state index contributed by atoms with van der Waals surface area (Å²) in [5, 5.41) is 158. The van der Waals surface area contributed by atoms with Gasteiger partial charge < -0.3 is 123 Å². The van der Waals surface area contributed by atoms with Crippen molar-refractivity contribution in [3.8, 4) is 0 Å². The van der Waals surface area contributed by atoms with Gasteiger partial charge in [-0.15, -0.1) is 0 Å². The average Bonchev–Trinajstić information content (AvgIpc) is 1.64. The Morgan fingerprint density at radius 3 is 0.704 bits per heavy atom. The number of rotatable bonds is 14. The first kappa shape index (κ1) is 78.8. The second kappa shape index (κ2) is 32.2. The van der Waals surface area contributed by atoms with E-state index in [0.717, 1.165) is 80.4 Å². The number of hydrogen-bond acceptors (Lipinski definition) is 25. The van der Waals surface area contributed by atoms with E-state index in [1.807, 2.05) is 123 Å². The molecule has 5 saturated heterocycles. The van der Waals surface area contributed by atoms with Gasteiger partial charge in [0.25, 0.3) is 0 Å². The summed E-state index contributed by atoms with van der Waals surface area (Å²) in [5.41, 5.74) is 8.90. The Hall–Kier alpha value is -7.35. The molecule has 0 unspecified atom stereocenters. The van der Waals surface area contributed by atoms with Crippen LogP contribution < -0.4 is 0 Å². The summed E-state index contributed by atoms with van der Waals surface area (Å²) in [4.78, 5) is 21.7. The largest absolute Gasteiger partial charge is 0.391 e. The lowest BCUT2D eigenvalue weighted by Crippen LogP contribution is -2.41. The van der Waals surface area contributed by atoms with E-state index in [9.17, 15) is 76.6 Å². The second-order valence-electron chi connectivity index (χ2n) is 30.7. The molecule has 0 amide bonds. The first-order chi connectivity index (χ1) is 51.5. The van der Waals surface area contributed by atoms with Crippen molar-refractivity contribution in [1.82, 2.24) is 47.8 Å². The van der Waals surface area contributed by atoms with E-state index < -0.39 is 153 Å². The van der Waals surface area contributed by atoms with Gasteiger partial charge in [0.05, 0.1) is 30.5 Å². The second-order valence-corrected chi connectivity index (χ2v) is 30.7. The molecule has 5 aliphatic heterocycles. The number of fused-ring (bicyclic) bond motifs is 5. The maximum Gasteiger partial charge on any atom is 0.164 e. The number of ether oxygens (including phenoxy) is 5. The van der Waals surface area contributed by atoms with Crippen molar-refractivity contribution in [2.24, 2.45) is 23.7 Å². The van der Waals surface area contributed by atoms with Crippen LogP contribution >= 0.6 is 0 Å². The SMILES string of the molecule is Cc1ccnc2c1ccn2[C@@H]1O[C@H]([C@@H](O)C(C)C)[C@@H](O)[C@H]1O.Cc1ccnc2c1ccn2[C@@H]1O[C@H]([C@@H](O)C2CC2)[C@@H](O)[C@H]1O.Cc1ccnc2c1ccn2[C@@H]1O[C@H]([C@H](C)O)[C@@H](O)[C@H]1O.Cc1ccnc2c1ccn2[C@@H]1O[C@H]([C@H](O)C(C)C)[C@@H](O)[C@H]1O.Cc1ccnc2c1ccn2[C@@H]1O[C@H]([C@H](O)C2CC2)[C@@H](O)[C@H]1O. The molecule has 25 atom stereocenters. The molecule has 10 aromatic rings. The smallest absolute Gasteiger partial charge is 0.164 e. The number of nitrogens with zero attached hydrogens (tertiary/aromatic N) is 10. The van der Waals surface area contributed by atoms with Gasteiger partial charge in [0, 0.05) is 88.9 Å². The maximum absolute atomic E-state index is 10.3. The van der Waals surface area contributed by atoms with Gasteiger partial charge >= 0.3 is 0 Å². The Morgan fingerprint density at radius 2 is 0.500 bits per heavy atom. The highest BCUT2D eigenvalue weighted by Crippen LogP contribution is 2.44. The summed E-state index contributed by atoms with van der Waals surface area (Å²) in [6, 6.07) is 19.1. The van der Waals surface area contributed by atoms with Crippen LogP contribution in [0.1, 0.15) is 119 Å². The number of pyridine rings is 5. The zero-order valence-electron chi connectivity index (χ0n) is 61.8. The zero-order valence-corrected chi connectivity index (χ0v) is 61.8. The van der Waals surface area contributed by atoms with Crippen molar-refractivity contribution in [2.45, 2.75) is 248 Å². The van der Waals surface area contributed by atoms with Crippen LogP contribution in [0.25, 0.3) is 55.2 Å². The Bertz CT molecular complexity index is 4250. The van der Waals surface area contributed by atoms with Crippen LogP contribution in [0.3, 0.4) is 0 Å². The minimum atomic E-state index is -1.13. The first-order valence-corrected chi connectivity index (χ1v) is 37.1. The fourth-order valence-electron chi connectivity index (χ4n) is 15.3. The summed E-state index contributed by atoms with van der Waals surface area (Å²) in [5.74, 6) is 0.194. The fourth-order valence-corrected chi connectivity index (χ4v) is 15.3. The summed E-state index contributed by atoms with van der Waals surface area (Å²) in [7, 11) is 0. The third-order valence-corrected chi connectivity index (χ3v) is 22.3. The average molecular weight is 1500 g/mol. The first-order valence-electron chi connectivity index (χ1n) is 37.1. The molecule has 108 heavy (non-hydrogen) atoms. The molecule has 0 radical (unpaired) electrons. The van der Waals surface area contributed by atoms with Crippen molar-refractivity contribution in [1.29, 1.82) is 0 Å². The maximum atomic E-state index is 10.3. The van der Waals surface area contributed by atoms with E-state index >= 15 is 0 Å². The normalized spacial score (nSPS) is 31.9. The predicted molar refractivity (Wildman–Crippen MR) is 393 cm³/mol. The number of aryl methyl sites for hydroxylation is 5. The molecule has 15 heterocycles. The molecule has 7 aliphatic rings. The van der Waals surface area contributed by atoms with Crippen molar-refractivity contribution in [3.05, 3.63) is 150 Å². The molecule has 584 valence electrons. The molecule has 7 fully saturated rings. The van der Waals surface area contributed by atoms with Crippen molar-refractivity contribution in [2.75, 3.05) is 0 Å². The van der Waals surface area contributed by atoms with E-state index in [0.29, 0.717) is 28.2 Å². The number of aromatic nitrogens is 10. The van der Waals surface area contributed by atoms with Gasteiger partial charge in [-0.3, -0.25) is 0 Å². The highest BCUT2D eigenvalue weighted by atomic mass is 16.6. The zero-order chi connectivity index (χ0) is 77.3. The molecule has 17 rings (SSSR count). The summed E-state index contributed by atoms with van der Waals surface area (Å²) in [6.45, 7) is 18.8. The van der Waals surface area contributed by atoms with Crippen LogP contribution in [0, 0.1) is 58.3 Å². The van der Waals surface area contributed by atoms with Crippen LogP contribution in [0.5, 0.6) is 0 Å². The van der Waals surface area contributed by atoms with Gasteiger partial charge in [-0.1, -0.05) is 27.7 Å². The number of aliphatic hydroxyl groups is 15. The molecule has 0 spiro atoms. The Labute approximate surface area is 622 Å². The number of hydrogen-bond donors (Lipinski definition) is 15. The van der Waals surface area contributed by atoms with E-state index in [2.05, 4.69) is 24.9 Å². The highest BCUT2D eigenvalue weighted by molar-refractivity contribution is 5.83. The molecule has 30 heteroatoms. The monoisotopic (exact) mass is 1500 g/mol. The third-order valence-electron chi connectivity index (χ3n) is 22.3. The van der Waals surface area contributed by atoms with Crippen molar-refractivity contribution >= 4 is 55.2 Å². The number of aliphatic hydroxyl groups excluding tert-OH is 15. The molecule has 10 aromatic heterocycles. The van der Waals surface area contributed by atoms with Crippen molar-refractivity contribution < 1.29 is 100 Å². The lowest BCUT2D eigenvalue weighted by molar-refractivity contribution is -0.0961. The lowest BCUT2D eigenvalue weighted by Gasteiger charge is -2.23. The van der Waals surface area contributed by atoms with Gasteiger partial charge in [-0.25, -0.2) is 24.9 Å². The van der Waals surface area contributed by atoms with Gasteiger partial charge in [0.15, 0.2) is 31.1 Å². The minimum Gasteiger partial charge on any atom is -0.391 e. The highest BCUT2D eigenvalue weighted by Gasteiger charge is 2.54. The van der Waals surface area contributed by atoms with Crippen LogP contribution in [0.4, 0.5) is 0 Å². The van der Waals surface area contributed by atoms with Crippen molar-refractivity contribution in [3.63, 3.8) is 0 Å². The van der Waals surface area contributed by atoms with Crippen LogP contribution in [-0.2, 0) is 23.7 Å². The van der Waals surface area contributed by atoms with E-state index in [-0.39, 0.29) is 23.7 Å². The van der Waals surface area contributed by atoms with Crippen LogP contribution in [-0.4, -0.2) is 246 Å². The molecule has 30 nitrogen and oxygen atoms in total. The molecule has 0 aromatic carbocycles. The van der Waals surface area contributed by atoms with Gasteiger partial charge in [0.1, 0.15) is 120 Å². The molecular formula is C78H102N10O20. The molecule has 15 N–H and O–H groups in total. The topological polar surface area (TPSA) is 439 Å². The van der Waals surface area contributed by atoms with Gasteiger partial charge in [-0.2, -0.15) is 0 Å².